The molecule has 0 bridgehead atoms. The van der Waals surface area contributed by atoms with Crippen molar-refractivity contribution in [1.29, 1.82) is 0 Å². The van der Waals surface area contributed by atoms with Crippen molar-refractivity contribution in [3.63, 3.8) is 0 Å². The van der Waals surface area contributed by atoms with Gasteiger partial charge in [-0.05, 0) is 56.3 Å². The third kappa shape index (κ3) is 4.24. The number of nitrogens with zero attached hydrogens (tertiary/aromatic N) is 3. The maximum atomic E-state index is 4.95. The van der Waals surface area contributed by atoms with Crippen LogP contribution in [0.2, 0.25) is 0 Å². The lowest BCUT2D eigenvalue weighted by Crippen LogP contribution is -2.43. The van der Waals surface area contributed by atoms with Crippen molar-refractivity contribution in [3.8, 4) is 56.4 Å². The number of hydrogen-bond acceptors (Lipinski definition) is 3. The maximum absolute atomic E-state index is 4.95. The molecule has 7 rings (SSSR count). The Morgan fingerprint density at radius 3 is 1.45 bits per heavy atom. The van der Waals surface area contributed by atoms with Crippen molar-refractivity contribution in [2.45, 2.75) is 38.5 Å². The van der Waals surface area contributed by atoms with E-state index in [0.29, 0.717) is 17.5 Å². The molecule has 1 aliphatic carbocycles. The molecule has 0 fully saturated rings. The van der Waals surface area contributed by atoms with E-state index < -0.39 is 0 Å². The van der Waals surface area contributed by atoms with E-state index in [-0.39, 0.29) is 10.8 Å². The molecular formula is C39H33N3. The summed E-state index contributed by atoms with van der Waals surface area (Å²) in [6, 6.07) is 44.6. The Morgan fingerprint density at radius 1 is 0.357 bits per heavy atom. The molecule has 0 spiro atoms. The summed E-state index contributed by atoms with van der Waals surface area (Å²) in [5.41, 5.74) is 10.6. The molecule has 204 valence electrons. The molecule has 0 atom stereocenters. The Hall–Kier alpha value is -4.89. The highest BCUT2D eigenvalue weighted by Crippen LogP contribution is 2.54. The molecule has 6 aromatic rings. The van der Waals surface area contributed by atoms with Crippen LogP contribution in [-0.2, 0) is 10.8 Å². The van der Waals surface area contributed by atoms with Crippen LogP contribution in [0.5, 0.6) is 0 Å². The Bertz CT molecular complexity index is 1860. The molecule has 1 aromatic heterocycles. The topological polar surface area (TPSA) is 38.7 Å². The van der Waals surface area contributed by atoms with E-state index in [0.717, 1.165) is 22.3 Å². The van der Waals surface area contributed by atoms with Gasteiger partial charge in [-0.3, -0.25) is 0 Å². The van der Waals surface area contributed by atoms with Gasteiger partial charge in [0.2, 0.25) is 0 Å². The van der Waals surface area contributed by atoms with Crippen LogP contribution in [0.3, 0.4) is 0 Å². The highest BCUT2D eigenvalue weighted by Gasteiger charge is 2.45. The van der Waals surface area contributed by atoms with Gasteiger partial charge in [-0.15, -0.1) is 0 Å². The Kier molecular flexibility index (Phi) is 6.13. The van der Waals surface area contributed by atoms with Crippen molar-refractivity contribution >= 4 is 0 Å². The van der Waals surface area contributed by atoms with Crippen LogP contribution in [0, 0.1) is 0 Å². The smallest absolute Gasteiger partial charge is 0.164 e. The largest absolute Gasteiger partial charge is 0.208 e. The Labute approximate surface area is 248 Å². The number of rotatable bonds is 4. The average Bonchev–Trinajstić information content (AvgIpc) is 3.04. The van der Waals surface area contributed by atoms with Gasteiger partial charge in [0.1, 0.15) is 0 Å². The third-order valence-electron chi connectivity index (χ3n) is 9.30. The molecule has 5 aromatic carbocycles. The quantitative estimate of drug-likeness (QED) is 0.222. The zero-order valence-electron chi connectivity index (χ0n) is 24.5. The zero-order chi connectivity index (χ0) is 28.9. The van der Waals surface area contributed by atoms with Gasteiger partial charge in [-0.2, -0.15) is 0 Å². The van der Waals surface area contributed by atoms with Crippen LogP contribution in [0.4, 0.5) is 0 Å². The molecule has 0 radical (unpaired) electrons. The monoisotopic (exact) mass is 543 g/mol. The van der Waals surface area contributed by atoms with Crippen LogP contribution < -0.4 is 0 Å². The molecule has 1 heterocycles. The lowest BCUT2D eigenvalue weighted by atomic mass is 9.55. The molecule has 3 nitrogen and oxygen atoms in total. The second-order valence-corrected chi connectivity index (χ2v) is 12.2. The second kappa shape index (κ2) is 9.88. The molecule has 0 saturated carbocycles. The minimum Gasteiger partial charge on any atom is -0.208 e. The van der Waals surface area contributed by atoms with Gasteiger partial charge in [0, 0.05) is 16.7 Å². The summed E-state index contributed by atoms with van der Waals surface area (Å²) < 4.78 is 0. The van der Waals surface area contributed by atoms with Gasteiger partial charge < -0.3 is 0 Å². The minimum absolute atomic E-state index is 0.0103. The number of aromatic nitrogens is 3. The first kappa shape index (κ1) is 26.0. The second-order valence-electron chi connectivity index (χ2n) is 12.2. The fourth-order valence-electron chi connectivity index (χ4n) is 6.19. The molecule has 42 heavy (non-hydrogen) atoms. The van der Waals surface area contributed by atoms with Crippen LogP contribution >= 0.6 is 0 Å². The normalized spacial score (nSPS) is 14.6. The van der Waals surface area contributed by atoms with E-state index in [9.17, 15) is 0 Å². The number of fused-ring (bicyclic) bond motifs is 3. The van der Waals surface area contributed by atoms with Gasteiger partial charge in [0.15, 0.2) is 17.5 Å². The summed E-state index contributed by atoms with van der Waals surface area (Å²) in [4.78, 5) is 14.8. The highest BCUT2D eigenvalue weighted by atomic mass is 15.0. The van der Waals surface area contributed by atoms with Gasteiger partial charge >= 0.3 is 0 Å². The lowest BCUT2D eigenvalue weighted by molar-refractivity contribution is 0.299. The molecule has 0 unspecified atom stereocenters. The summed E-state index contributed by atoms with van der Waals surface area (Å²) in [6.07, 6.45) is 0. The molecule has 0 N–H and O–H groups in total. The number of hydrogen-bond donors (Lipinski definition) is 0. The Balaban J connectivity index is 1.35. The van der Waals surface area contributed by atoms with E-state index >= 15 is 0 Å². The molecular weight excluding hydrogens is 510 g/mol. The first-order chi connectivity index (χ1) is 20.3. The molecule has 0 saturated heterocycles. The fourth-order valence-corrected chi connectivity index (χ4v) is 6.19. The first-order valence-corrected chi connectivity index (χ1v) is 14.5. The van der Waals surface area contributed by atoms with Crippen molar-refractivity contribution in [2.75, 3.05) is 0 Å². The van der Waals surface area contributed by atoms with Gasteiger partial charge in [-0.25, -0.2) is 15.0 Å². The maximum Gasteiger partial charge on any atom is 0.164 e. The predicted octanol–water partition coefficient (Wildman–Crippen LogP) is 9.78. The van der Waals surface area contributed by atoms with Crippen LogP contribution in [0.15, 0.2) is 127 Å². The van der Waals surface area contributed by atoms with E-state index in [1.54, 1.807) is 0 Å². The summed E-state index contributed by atoms with van der Waals surface area (Å²) in [6.45, 7) is 9.50. The summed E-state index contributed by atoms with van der Waals surface area (Å²) >= 11 is 0. The van der Waals surface area contributed by atoms with Gasteiger partial charge in [0.25, 0.3) is 0 Å². The van der Waals surface area contributed by atoms with Crippen molar-refractivity contribution in [2.24, 2.45) is 0 Å². The SMILES string of the molecule is CC1(C)c2ccccc2-c2ccc(-c3cccc(-c4nc(-c5ccccc5)nc(-c5ccccc5)n4)c3)cc2C1(C)C. The summed E-state index contributed by atoms with van der Waals surface area (Å²) in [7, 11) is 0. The number of benzene rings is 5. The zero-order valence-corrected chi connectivity index (χ0v) is 24.5. The van der Waals surface area contributed by atoms with Crippen molar-refractivity contribution in [3.05, 3.63) is 139 Å². The predicted molar refractivity (Wildman–Crippen MR) is 173 cm³/mol. The standard InChI is InChI=1S/C39H33N3/c1-38(2)33-21-12-11-20-31(33)32-23-22-29(25-34(32)39(38,3)4)28-18-13-19-30(24-28)37-41-35(26-14-7-5-8-15-26)40-36(42-37)27-16-9-6-10-17-27/h5-25H,1-4H3. The van der Waals surface area contributed by atoms with Crippen LogP contribution in [0.25, 0.3) is 56.4 Å². The molecule has 0 amide bonds. The molecule has 1 aliphatic rings. The summed E-state index contributed by atoms with van der Waals surface area (Å²) in [5.74, 6) is 2.00. The van der Waals surface area contributed by atoms with E-state index in [4.69, 9.17) is 15.0 Å². The van der Waals surface area contributed by atoms with E-state index in [1.165, 1.54) is 27.8 Å². The average molecular weight is 544 g/mol. The van der Waals surface area contributed by atoms with Crippen molar-refractivity contribution < 1.29 is 0 Å². The van der Waals surface area contributed by atoms with E-state index in [1.807, 2.05) is 60.7 Å². The third-order valence-corrected chi connectivity index (χ3v) is 9.30. The van der Waals surface area contributed by atoms with E-state index in [2.05, 4.69) is 94.4 Å². The van der Waals surface area contributed by atoms with Crippen LogP contribution in [0.1, 0.15) is 38.8 Å². The summed E-state index contributed by atoms with van der Waals surface area (Å²) in [5, 5.41) is 0. The lowest BCUT2D eigenvalue weighted by Gasteiger charge is -2.48. The van der Waals surface area contributed by atoms with Gasteiger partial charge in [-0.1, -0.05) is 143 Å². The van der Waals surface area contributed by atoms with Crippen LogP contribution in [-0.4, -0.2) is 15.0 Å². The van der Waals surface area contributed by atoms with Gasteiger partial charge in [0.05, 0.1) is 0 Å². The minimum atomic E-state index is -0.0479. The highest BCUT2D eigenvalue weighted by molar-refractivity contribution is 5.81. The van der Waals surface area contributed by atoms with Crippen molar-refractivity contribution in [1.82, 2.24) is 15.0 Å². The first-order valence-electron chi connectivity index (χ1n) is 14.5. The fraction of sp³-hybridized carbons (Fsp3) is 0.154. The Morgan fingerprint density at radius 2 is 0.810 bits per heavy atom. The molecule has 0 aliphatic heterocycles. The molecule has 3 heteroatoms.